The highest BCUT2D eigenvalue weighted by molar-refractivity contribution is 5.99. The van der Waals surface area contributed by atoms with Crippen LogP contribution in [-0.2, 0) is 13.1 Å². The summed E-state index contributed by atoms with van der Waals surface area (Å²) >= 11 is 0. The van der Waals surface area contributed by atoms with Crippen LogP contribution in [0.1, 0.15) is 70.4 Å². The summed E-state index contributed by atoms with van der Waals surface area (Å²) in [5, 5.41) is 16.6. The van der Waals surface area contributed by atoms with E-state index in [1.165, 1.54) is 11.0 Å². The topological polar surface area (TPSA) is 104 Å². The van der Waals surface area contributed by atoms with Crippen molar-refractivity contribution in [1.29, 1.82) is 0 Å². The van der Waals surface area contributed by atoms with E-state index in [4.69, 9.17) is 0 Å². The fraction of sp³-hybridized carbons (Fsp3) is 0.458. The Labute approximate surface area is 192 Å². The van der Waals surface area contributed by atoms with E-state index >= 15 is 0 Å². The second-order valence-corrected chi connectivity index (χ2v) is 8.33. The minimum absolute atomic E-state index is 0.110. The zero-order valence-electron chi connectivity index (χ0n) is 19.5. The standard InChI is InChI=1S/C24H31FN4O4/c1-5-10-26-17-9-11-29-19(17)18(21(30)22(31)20(29)24(33)28(4)6-2)23(32)27-13-15-8-7-14(3)12-16(15)25/h7-8,12,17,26,31H,5-6,9-11,13H2,1-4H3,(H,27,32)/t17-/m0/s1. The molecule has 0 spiro atoms. The molecule has 0 saturated heterocycles. The normalized spacial score (nSPS) is 14.8. The molecule has 0 aliphatic carbocycles. The number of fused-ring (bicyclic) bond motifs is 1. The van der Waals surface area contributed by atoms with Crippen molar-refractivity contribution in [3.05, 3.63) is 62.3 Å². The number of nitrogens with one attached hydrogen (secondary N) is 2. The van der Waals surface area contributed by atoms with Gasteiger partial charge in [-0.15, -0.1) is 0 Å². The maximum absolute atomic E-state index is 14.2. The summed E-state index contributed by atoms with van der Waals surface area (Å²) in [7, 11) is 1.58. The number of aryl methyl sites for hydroxylation is 1. The van der Waals surface area contributed by atoms with E-state index in [1.54, 1.807) is 37.6 Å². The number of rotatable bonds is 8. The Balaban J connectivity index is 2.06. The molecule has 0 fully saturated rings. The quantitative estimate of drug-likeness (QED) is 0.564. The van der Waals surface area contributed by atoms with Gasteiger partial charge in [0.2, 0.25) is 5.43 Å². The lowest BCUT2D eigenvalue weighted by Gasteiger charge is -2.22. The summed E-state index contributed by atoms with van der Waals surface area (Å²) in [6.45, 7) is 6.86. The third-order valence-corrected chi connectivity index (χ3v) is 5.99. The lowest BCUT2D eigenvalue weighted by Crippen LogP contribution is -2.37. The predicted octanol–water partition coefficient (Wildman–Crippen LogP) is 2.47. The van der Waals surface area contributed by atoms with Gasteiger partial charge in [0, 0.05) is 32.2 Å². The van der Waals surface area contributed by atoms with E-state index < -0.39 is 28.8 Å². The maximum Gasteiger partial charge on any atom is 0.274 e. The second-order valence-electron chi connectivity index (χ2n) is 8.33. The first kappa shape index (κ1) is 24.4. The average molecular weight is 459 g/mol. The molecular formula is C24H31FN4O4. The Hall–Kier alpha value is -3.20. The Bertz CT molecular complexity index is 1130. The van der Waals surface area contributed by atoms with Crippen molar-refractivity contribution < 1.29 is 19.1 Å². The van der Waals surface area contributed by atoms with E-state index in [2.05, 4.69) is 10.6 Å². The Morgan fingerprint density at radius 1 is 1.30 bits per heavy atom. The molecule has 1 aliphatic rings. The highest BCUT2D eigenvalue weighted by Gasteiger charge is 2.36. The van der Waals surface area contributed by atoms with Gasteiger partial charge in [-0.05, 0) is 44.9 Å². The molecule has 8 nitrogen and oxygen atoms in total. The zero-order valence-corrected chi connectivity index (χ0v) is 19.5. The minimum atomic E-state index is -0.902. The largest absolute Gasteiger partial charge is 0.503 e. The van der Waals surface area contributed by atoms with Crippen LogP contribution >= 0.6 is 0 Å². The number of hydrogen-bond acceptors (Lipinski definition) is 5. The number of amides is 2. The molecular weight excluding hydrogens is 427 g/mol. The SMILES string of the molecule is CCCN[C@H]1CCn2c(C(=O)N(C)CC)c(O)c(=O)c(C(=O)NCc3ccc(C)cc3F)c21. The first-order chi connectivity index (χ1) is 15.7. The number of benzene rings is 1. The molecule has 3 N–H and O–H groups in total. The van der Waals surface area contributed by atoms with Crippen LogP contribution < -0.4 is 16.1 Å². The van der Waals surface area contributed by atoms with Crippen LogP contribution in [0.25, 0.3) is 0 Å². The monoisotopic (exact) mass is 458 g/mol. The van der Waals surface area contributed by atoms with E-state index in [1.807, 2.05) is 6.92 Å². The lowest BCUT2D eigenvalue weighted by molar-refractivity contribution is 0.0785. The van der Waals surface area contributed by atoms with Gasteiger partial charge in [0.05, 0.1) is 11.7 Å². The molecule has 1 aromatic carbocycles. The predicted molar refractivity (Wildman–Crippen MR) is 123 cm³/mol. The molecule has 1 aliphatic heterocycles. The van der Waals surface area contributed by atoms with Gasteiger partial charge in [-0.3, -0.25) is 14.4 Å². The molecule has 178 valence electrons. The van der Waals surface area contributed by atoms with Crippen LogP contribution in [0.2, 0.25) is 0 Å². The average Bonchev–Trinajstić information content (AvgIpc) is 3.19. The fourth-order valence-corrected chi connectivity index (χ4v) is 4.05. The van der Waals surface area contributed by atoms with E-state index in [0.717, 1.165) is 12.0 Å². The lowest BCUT2D eigenvalue weighted by atomic mass is 10.0. The van der Waals surface area contributed by atoms with Crippen molar-refractivity contribution in [2.75, 3.05) is 20.1 Å². The summed E-state index contributed by atoms with van der Waals surface area (Å²) in [6.07, 6.45) is 1.41. The van der Waals surface area contributed by atoms with Gasteiger partial charge in [0.15, 0.2) is 11.4 Å². The summed E-state index contributed by atoms with van der Waals surface area (Å²) in [5.74, 6) is -2.40. The van der Waals surface area contributed by atoms with E-state index in [9.17, 15) is 23.9 Å². The summed E-state index contributed by atoms with van der Waals surface area (Å²) < 4.78 is 15.8. The minimum Gasteiger partial charge on any atom is -0.503 e. The van der Waals surface area contributed by atoms with Crippen molar-refractivity contribution in [2.24, 2.45) is 0 Å². The van der Waals surface area contributed by atoms with Gasteiger partial charge < -0.3 is 25.2 Å². The van der Waals surface area contributed by atoms with E-state index in [-0.39, 0.29) is 29.4 Å². The Morgan fingerprint density at radius 2 is 2.03 bits per heavy atom. The zero-order chi connectivity index (χ0) is 24.3. The van der Waals surface area contributed by atoms with Crippen molar-refractivity contribution >= 4 is 11.8 Å². The summed E-state index contributed by atoms with van der Waals surface area (Å²) in [5.41, 5.74) is 0.183. The summed E-state index contributed by atoms with van der Waals surface area (Å²) in [4.78, 5) is 40.6. The van der Waals surface area contributed by atoms with Gasteiger partial charge in [-0.2, -0.15) is 0 Å². The maximum atomic E-state index is 14.2. The number of aromatic hydroxyl groups is 1. The van der Waals surface area contributed by atoms with Crippen LogP contribution in [-0.4, -0.2) is 46.5 Å². The molecule has 0 saturated carbocycles. The van der Waals surface area contributed by atoms with Crippen LogP contribution in [0.3, 0.4) is 0 Å². The number of halogens is 1. The number of pyridine rings is 1. The van der Waals surface area contributed by atoms with Gasteiger partial charge in [-0.25, -0.2) is 4.39 Å². The molecule has 2 aromatic rings. The molecule has 0 bridgehead atoms. The van der Waals surface area contributed by atoms with Crippen molar-refractivity contribution in [2.45, 2.75) is 52.7 Å². The fourth-order valence-electron chi connectivity index (χ4n) is 4.05. The molecule has 3 rings (SSSR count). The Kier molecular flexibility index (Phi) is 7.53. The molecule has 2 amide bonds. The smallest absolute Gasteiger partial charge is 0.274 e. The third-order valence-electron chi connectivity index (χ3n) is 5.99. The van der Waals surface area contributed by atoms with Gasteiger partial charge in [0.1, 0.15) is 11.4 Å². The number of carbonyl (C=O) groups is 2. The molecule has 0 radical (unpaired) electrons. The van der Waals surface area contributed by atoms with Gasteiger partial charge >= 0.3 is 0 Å². The number of hydrogen-bond donors (Lipinski definition) is 3. The first-order valence-electron chi connectivity index (χ1n) is 11.2. The Morgan fingerprint density at radius 3 is 2.67 bits per heavy atom. The van der Waals surface area contributed by atoms with Gasteiger partial charge in [0.25, 0.3) is 11.8 Å². The van der Waals surface area contributed by atoms with E-state index in [0.29, 0.717) is 31.7 Å². The van der Waals surface area contributed by atoms with Crippen LogP contribution in [0.15, 0.2) is 23.0 Å². The van der Waals surface area contributed by atoms with Crippen LogP contribution in [0.5, 0.6) is 5.75 Å². The second kappa shape index (κ2) is 10.2. The summed E-state index contributed by atoms with van der Waals surface area (Å²) in [6, 6.07) is 4.36. The molecule has 2 heterocycles. The third kappa shape index (κ3) is 4.78. The van der Waals surface area contributed by atoms with Crippen molar-refractivity contribution in [3.63, 3.8) is 0 Å². The number of carbonyl (C=O) groups excluding carboxylic acids is 2. The first-order valence-corrected chi connectivity index (χ1v) is 11.2. The highest BCUT2D eigenvalue weighted by atomic mass is 19.1. The van der Waals surface area contributed by atoms with Gasteiger partial charge in [-0.1, -0.05) is 19.1 Å². The number of nitrogens with zero attached hydrogens (tertiary/aromatic N) is 2. The van der Waals surface area contributed by atoms with Crippen LogP contribution in [0.4, 0.5) is 4.39 Å². The molecule has 1 aromatic heterocycles. The molecule has 1 atom stereocenters. The van der Waals surface area contributed by atoms with Crippen LogP contribution in [0, 0.1) is 12.7 Å². The highest BCUT2D eigenvalue weighted by Crippen LogP contribution is 2.32. The molecule has 9 heteroatoms. The molecule has 0 unspecified atom stereocenters. The number of aromatic nitrogens is 1. The molecule has 33 heavy (non-hydrogen) atoms. The van der Waals surface area contributed by atoms with Crippen molar-refractivity contribution in [3.8, 4) is 5.75 Å². The van der Waals surface area contributed by atoms with Crippen molar-refractivity contribution in [1.82, 2.24) is 20.1 Å².